The summed E-state index contributed by atoms with van der Waals surface area (Å²) >= 11 is 0. The fourth-order valence-electron chi connectivity index (χ4n) is 0.923. The van der Waals surface area contributed by atoms with Gasteiger partial charge < -0.3 is 0 Å². The van der Waals surface area contributed by atoms with Crippen LogP contribution in [0.15, 0.2) is 12.7 Å². The highest BCUT2D eigenvalue weighted by atomic mass is 19.2. The maximum absolute atomic E-state index is 12.9. The molecule has 0 atom stereocenters. The van der Waals surface area contributed by atoms with E-state index in [0.29, 0.717) is 6.08 Å². The van der Waals surface area contributed by atoms with E-state index in [4.69, 9.17) is 0 Å². The van der Waals surface area contributed by atoms with Gasteiger partial charge in [0.1, 0.15) is 0 Å². The second-order valence-corrected chi connectivity index (χ2v) is 2.51. The molecule has 0 aromatic heterocycles. The van der Waals surface area contributed by atoms with Crippen LogP contribution in [0.1, 0.15) is 10.4 Å². The standard InChI is InChI=1S/C9H3F5O/c1-2-3(15)4-5(10)7(12)9(14)8(13)6(4)11/h2H,1H2. The Morgan fingerprint density at radius 2 is 1.20 bits per heavy atom. The first-order valence-electron chi connectivity index (χ1n) is 3.60. The first-order chi connectivity index (χ1) is 6.91. The lowest BCUT2D eigenvalue weighted by Gasteiger charge is -2.04. The topological polar surface area (TPSA) is 17.1 Å². The Morgan fingerprint density at radius 1 is 0.867 bits per heavy atom. The zero-order valence-corrected chi connectivity index (χ0v) is 7.08. The van der Waals surface area contributed by atoms with Crippen molar-refractivity contribution in [1.82, 2.24) is 0 Å². The van der Waals surface area contributed by atoms with Gasteiger partial charge in [-0.3, -0.25) is 4.79 Å². The molecule has 0 unspecified atom stereocenters. The van der Waals surface area contributed by atoms with Crippen LogP contribution in [0, 0.1) is 29.1 Å². The Balaban J connectivity index is 3.67. The Bertz CT molecular complexity index is 423. The van der Waals surface area contributed by atoms with E-state index in [-0.39, 0.29) is 0 Å². The van der Waals surface area contributed by atoms with E-state index in [1.54, 1.807) is 0 Å². The van der Waals surface area contributed by atoms with E-state index in [2.05, 4.69) is 6.58 Å². The van der Waals surface area contributed by atoms with E-state index in [9.17, 15) is 26.7 Å². The van der Waals surface area contributed by atoms with Crippen molar-refractivity contribution in [1.29, 1.82) is 0 Å². The van der Waals surface area contributed by atoms with Crippen molar-refractivity contribution >= 4 is 5.78 Å². The van der Waals surface area contributed by atoms with Crippen molar-refractivity contribution in [2.75, 3.05) is 0 Å². The molecule has 0 heterocycles. The second-order valence-electron chi connectivity index (χ2n) is 2.51. The van der Waals surface area contributed by atoms with Crippen LogP contribution in [0.2, 0.25) is 0 Å². The van der Waals surface area contributed by atoms with Crippen molar-refractivity contribution in [3.63, 3.8) is 0 Å². The van der Waals surface area contributed by atoms with E-state index < -0.39 is 40.4 Å². The van der Waals surface area contributed by atoms with E-state index >= 15 is 0 Å². The third kappa shape index (κ3) is 1.62. The number of benzene rings is 1. The molecule has 0 saturated heterocycles. The molecule has 1 nitrogen and oxygen atoms in total. The molecule has 0 amide bonds. The molecular weight excluding hydrogens is 219 g/mol. The highest BCUT2D eigenvalue weighted by molar-refractivity contribution is 6.04. The highest BCUT2D eigenvalue weighted by Crippen LogP contribution is 2.23. The smallest absolute Gasteiger partial charge is 0.200 e. The first kappa shape index (κ1) is 11.4. The van der Waals surface area contributed by atoms with Crippen LogP contribution in [0.3, 0.4) is 0 Å². The summed E-state index contributed by atoms with van der Waals surface area (Å²) < 4.78 is 63.3. The van der Waals surface area contributed by atoms with Gasteiger partial charge in [0, 0.05) is 0 Å². The molecule has 0 saturated carbocycles. The van der Waals surface area contributed by atoms with Gasteiger partial charge in [0.05, 0.1) is 5.56 Å². The molecule has 0 spiro atoms. The minimum atomic E-state index is -2.30. The Labute approximate surface area is 80.8 Å². The van der Waals surface area contributed by atoms with Gasteiger partial charge in [-0.2, -0.15) is 0 Å². The molecule has 0 aliphatic carbocycles. The zero-order valence-electron chi connectivity index (χ0n) is 7.08. The monoisotopic (exact) mass is 222 g/mol. The lowest BCUT2D eigenvalue weighted by Crippen LogP contribution is -2.10. The summed E-state index contributed by atoms with van der Waals surface area (Å²) in [7, 11) is 0. The summed E-state index contributed by atoms with van der Waals surface area (Å²) in [5.41, 5.74) is -1.50. The van der Waals surface area contributed by atoms with E-state index in [1.807, 2.05) is 0 Å². The zero-order chi connectivity index (χ0) is 11.7. The Morgan fingerprint density at radius 3 is 1.53 bits per heavy atom. The summed E-state index contributed by atoms with van der Waals surface area (Å²) in [5, 5.41) is 0. The van der Waals surface area contributed by atoms with Crippen molar-refractivity contribution in [3.8, 4) is 0 Å². The predicted octanol–water partition coefficient (Wildman–Crippen LogP) is 2.75. The average molecular weight is 222 g/mol. The molecule has 6 heteroatoms. The molecule has 0 aliphatic rings. The highest BCUT2D eigenvalue weighted by Gasteiger charge is 2.28. The number of carbonyl (C=O) groups excluding carboxylic acids is 1. The minimum absolute atomic E-state index is 0.457. The molecular formula is C9H3F5O. The molecule has 0 radical (unpaired) electrons. The number of ketones is 1. The summed E-state index contributed by atoms with van der Waals surface area (Å²) in [6, 6.07) is 0. The Hall–Kier alpha value is -1.72. The Kier molecular flexibility index (Phi) is 2.88. The molecule has 0 aliphatic heterocycles. The predicted molar refractivity (Wildman–Crippen MR) is 40.8 cm³/mol. The van der Waals surface area contributed by atoms with Gasteiger partial charge in [-0.15, -0.1) is 0 Å². The van der Waals surface area contributed by atoms with Crippen molar-refractivity contribution in [3.05, 3.63) is 47.3 Å². The van der Waals surface area contributed by atoms with Gasteiger partial charge in [-0.25, -0.2) is 22.0 Å². The molecule has 0 bridgehead atoms. The van der Waals surface area contributed by atoms with E-state index in [0.717, 1.165) is 0 Å². The fourth-order valence-corrected chi connectivity index (χ4v) is 0.923. The lowest BCUT2D eigenvalue weighted by atomic mass is 10.1. The number of halogens is 5. The second kappa shape index (κ2) is 3.80. The summed E-state index contributed by atoms with van der Waals surface area (Å²) in [6.45, 7) is 2.88. The molecule has 1 aromatic carbocycles. The maximum atomic E-state index is 12.9. The average Bonchev–Trinajstić information content (AvgIpc) is 2.23. The number of carbonyl (C=O) groups is 1. The molecule has 1 aromatic rings. The van der Waals surface area contributed by atoms with Crippen LogP contribution in [0.4, 0.5) is 22.0 Å². The van der Waals surface area contributed by atoms with Crippen LogP contribution in [0.25, 0.3) is 0 Å². The molecule has 0 N–H and O–H groups in total. The normalized spacial score (nSPS) is 10.2. The van der Waals surface area contributed by atoms with Crippen LogP contribution in [-0.4, -0.2) is 5.78 Å². The lowest BCUT2D eigenvalue weighted by molar-refractivity contribution is 0.103. The van der Waals surface area contributed by atoms with E-state index in [1.165, 1.54) is 0 Å². The number of allylic oxidation sites excluding steroid dienone is 1. The van der Waals surface area contributed by atoms with Crippen LogP contribution < -0.4 is 0 Å². The summed E-state index contributed by atoms with van der Waals surface area (Å²) in [6.07, 6.45) is 0.457. The molecule has 15 heavy (non-hydrogen) atoms. The SMILES string of the molecule is C=CC(=O)c1c(F)c(F)c(F)c(F)c1F. The van der Waals surface area contributed by atoms with Gasteiger partial charge in [0.2, 0.25) is 5.82 Å². The van der Waals surface area contributed by atoms with Gasteiger partial charge >= 0.3 is 0 Å². The van der Waals surface area contributed by atoms with Gasteiger partial charge in [0.15, 0.2) is 29.1 Å². The maximum Gasteiger partial charge on any atom is 0.200 e. The fraction of sp³-hybridized carbons (Fsp3) is 0. The van der Waals surface area contributed by atoms with Gasteiger partial charge in [-0.1, -0.05) is 6.58 Å². The first-order valence-corrected chi connectivity index (χ1v) is 3.60. The third-order valence-corrected chi connectivity index (χ3v) is 1.64. The van der Waals surface area contributed by atoms with Crippen LogP contribution in [-0.2, 0) is 0 Å². The number of hydrogen-bond donors (Lipinski definition) is 0. The number of rotatable bonds is 2. The number of hydrogen-bond acceptors (Lipinski definition) is 1. The summed E-state index contributed by atoms with van der Waals surface area (Å²) in [5.74, 6) is -12.3. The third-order valence-electron chi connectivity index (χ3n) is 1.64. The van der Waals surface area contributed by atoms with Gasteiger partial charge in [0.25, 0.3) is 0 Å². The van der Waals surface area contributed by atoms with Crippen molar-refractivity contribution < 1.29 is 26.7 Å². The molecule has 0 fully saturated rings. The minimum Gasteiger partial charge on any atom is -0.289 e. The van der Waals surface area contributed by atoms with Crippen LogP contribution in [0.5, 0.6) is 0 Å². The van der Waals surface area contributed by atoms with Crippen molar-refractivity contribution in [2.45, 2.75) is 0 Å². The molecule has 80 valence electrons. The quantitative estimate of drug-likeness (QED) is 0.247. The summed E-state index contributed by atoms with van der Waals surface area (Å²) in [4.78, 5) is 10.8. The van der Waals surface area contributed by atoms with Gasteiger partial charge in [-0.05, 0) is 6.08 Å². The largest absolute Gasteiger partial charge is 0.289 e. The molecule has 1 rings (SSSR count). The van der Waals surface area contributed by atoms with Crippen LogP contribution >= 0.6 is 0 Å². The van der Waals surface area contributed by atoms with Crippen molar-refractivity contribution in [2.24, 2.45) is 0 Å².